The van der Waals surface area contributed by atoms with Crippen LogP contribution in [-0.2, 0) is 22.4 Å². The van der Waals surface area contributed by atoms with Crippen molar-refractivity contribution in [3.8, 4) is 0 Å². The standard InChI is InChI=1S/C22H29N5O4/c1-15(11-16-5-3-2-4-6-16)20(28)25-19(21(29)30)12-18-13-24-14-27(18)22(31)26-9-7-17(23)8-10-26/h2-6,13-15,17,19H,7-12,23H2,1H3,(H,25,28)(H,29,30)/t15-,19+/m1/s1. The molecule has 2 atom stereocenters. The zero-order valence-electron chi connectivity index (χ0n) is 17.6. The van der Waals surface area contributed by atoms with Crippen LogP contribution >= 0.6 is 0 Å². The fourth-order valence-electron chi connectivity index (χ4n) is 3.67. The van der Waals surface area contributed by atoms with Gasteiger partial charge in [-0.05, 0) is 24.8 Å². The summed E-state index contributed by atoms with van der Waals surface area (Å²) in [6.45, 7) is 2.86. The number of carbonyl (C=O) groups excluding carboxylic acids is 2. The second kappa shape index (κ2) is 10.2. The highest BCUT2D eigenvalue weighted by molar-refractivity contribution is 5.85. The maximum atomic E-state index is 12.8. The van der Waals surface area contributed by atoms with E-state index >= 15 is 0 Å². The summed E-state index contributed by atoms with van der Waals surface area (Å²) in [5.74, 6) is -1.91. The Hall–Kier alpha value is -3.20. The van der Waals surface area contributed by atoms with Crippen molar-refractivity contribution in [3.63, 3.8) is 0 Å². The summed E-state index contributed by atoms with van der Waals surface area (Å²) >= 11 is 0. The van der Waals surface area contributed by atoms with Crippen molar-refractivity contribution in [2.75, 3.05) is 13.1 Å². The average molecular weight is 428 g/mol. The fraction of sp³-hybridized carbons (Fsp3) is 0.455. The van der Waals surface area contributed by atoms with E-state index in [1.165, 1.54) is 17.1 Å². The summed E-state index contributed by atoms with van der Waals surface area (Å²) in [6, 6.07) is 8.22. The third kappa shape index (κ3) is 5.91. The van der Waals surface area contributed by atoms with Gasteiger partial charge in [-0.1, -0.05) is 37.3 Å². The van der Waals surface area contributed by atoms with E-state index in [0.29, 0.717) is 25.2 Å². The number of amides is 2. The molecule has 1 aromatic heterocycles. The number of likely N-dealkylation sites (tertiary alicyclic amines) is 1. The molecule has 3 rings (SSSR count). The Morgan fingerprint density at radius 1 is 1.19 bits per heavy atom. The Bertz CT molecular complexity index is 906. The van der Waals surface area contributed by atoms with E-state index in [0.717, 1.165) is 18.4 Å². The molecular formula is C22H29N5O4. The van der Waals surface area contributed by atoms with Crippen LogP contribution in [0.1, 0.15) is 31.0 Å². The molecule has 0 saturated carbocycles. The van der Waals surface area contributed by atoms with E-state index in [1.807, 2.05) is 30.3 Å². The topological polar surface area (TPSA) is 131 Å². The highest BCUT2D eigenvalue weighted by Crippen LogP contribution is 2.13. The van der Waals surface area contributed by atoms with Crippen LogP contribution in [0.2, 0.25) is 0 Å². The number of hydrogen-bond donors (Lipinski definition) is 3. The monoisotopic (exact) mass is 427 g/mol. The molecule has 2 amide bonds. The van der Waals surface area contributed by atoms with Crippen LogP contribution in [0.25, 0.3) is 0 Å². The number of carbonyl (C=O) groups is 3. The molecule has 9 nitrogen and oxygen atoms in total. The van der Waals surface area contributed by atoms with E-state index in [2.05, 4.69) is 10.3 Å². The van der Waals surface area contributed by atoms with E-state index in [1.54, 1.807) is 11.8 Å². The van der Waals surface area contributed by atoms with E-state index in [-0.39, 0.29) is 24.4 Å². The number of imidazole rings is 1. The van der Waals surface area contributed by atoms with Crippen molar-refractivity contribution in [1.29, 1.82) is 0 Å². The Kier molecular flexibility index (Phi) is 7.41. The summed E-state index contributed by atoms with van der Waals surface area (Å²) < 4.78 is 1.35. The zero-order valence-corrected chi connectivity index (χ0v) is 17.6. The average Bonchev–Trinajstić information content (AvgIpc) is 3.22. The molecule has 1 aromatic carbocycles. The first-order valence-corrected chi connectivity index (χ1v) is 10.5. The molecule has 166 valence electrons. The third-order valence-electron chi connectivity index (χ3n) is 5.59. The Morgan fingerprint density at radius 2 is 1.87 bits per heavy atom. The lowest BCUT2D eigenvalue weighted by molar-refractivity contribution is -0.142. The van der Waals surface area contributed by atoms with Gasteiger partial charge in [0, 0.05) is 43.4 Å². The molecule has 31 heavy (non-hydrogen) atoms. The minimum atomic E-state index is -1.16. The highest BCUT2D eigenvalue weighted by Gasteiger charge is 2.27. The Morgan fingerprint density at radius 3 is 2.52 bits per heavy atom. The van der Waals surface area contributed by atoms with Crippen LogP contribution in [-0.4, -0.2) is 62.6 Å². The summed E-state index contributed by atoms with van der Waals surface area (Å²) in [5, 5.41) is 12.3. The first-order valence-electron chi connectivity index (χ1n) is 10.5. The van der Waals surface area contributed by atoms with Gasteiger partial charge in [0.05, 0.1) is 0 Å². The normalized spacial score (nSPS) is 16.5. The van der Waals surface area contributed by atoms with Gasteiger partial charge in [0.15, 0.2) is 0 Å². The molecule has 0 bridgehead atoms. The summed E-state index contributed by atoms with van der Waals surface area (Å²) in [5.41, 5.74) is 7.34. The molecule has 0 aliphatic carbocycles. The van der Waals surface area contributed by atoms with Crippen LogP contribution in [0.5, 0.6) is 0 Å². The van der Waals surface area contributed by atoms with Crippen molar-refractivity contribution < 1.29 is 19.5 Å². The molecule has 1 fully saturated rings. The fourth-order valence-corrected chi connectivity index (χ4v) is 3.67. The van der Waals surface area contributed by atoms with Crippen LogP contribution in [0.4, 0.5) is 4.79 Å². The quantitative estimate of drug-likeness (QED) is 0.610. The summed E-state index contributed by atoms with van der Waals surface area (Å²) in [7, 11) is 0. The van der Waals surface area contributed by atoms with E-state index in [4.69, 9.17) is 5.73 Å². The molecular weight excluding hydrogens is 398 g/mol. The van der Waals surface area contributed by atoms with E-state index in [9.17, 15) is 19.5 Å². The van der Waals surface area contributed by atoms with Crippen LogP contribution in [0.15, 0.2) is 42.9 Å². The van der Waals surface area contributed by atoms with Gasteiger partial charge in [-0.2, -0.15) is 0 Å². The Balaban J connectivity index is 1.64. The van der Waals surface area contributed by atoms with Crippen LogP contribution < -0.4 is 11.1 Å². The van der Waals surface area contributed by atoms with Gasteiger partial charge in [0.2, 0.25) is 5.91 Å². The van der Waals surface area contributed by atoms with Gasteiger partial charge in [0.25, 0.3) is 0 Å². The molecule has 2 aromatic rings. The Labute approximate surface area is 181 Å². The number of piperidine rings is 1. The largest absolute Gasteiger partial charge is 0.480 e. The van der Waals surface area contributed by atoms with Gasteiger partial charge >= 0.3 is 12.0 Å². The van der Waals surface area contributed by atoms with Crippen LogP contribution in [0, 0.1) is 5.92 Å². The SMILES string of the molecule is C[C@H](Cc1ccccc1)C(=O)N[C@@H](Cc1cncn1C(=O)N1CCC(N)CC1)C(=O)O. The molecule has 0 radical (unpaired) electrons. The minimum absolute atomic E-state index is 0.0434. The molecule has 1 saturated heterocycles. The molecule has 0 spiro atoms. The number of benzene rings is 1. The van der Waals surface area contributed by atoms with Gasteiger partial charge in [-0.15, -0.1) is 0 Å². The first-order chi connectivity index (χ1) is 14.8. The predicted octanol–water partition coefficient (Wildman–Crippen LogP) is 1.27. The van der Waals surface area contributed by atoms with Crippen LogP contribution in [0.3, 0.4) is 0 Å². The zero-order chi connectivity index (χ0) is 22.4. The number of carboxylic acids is 1. The highest BCUT2D eigenvalue weighted by atomic mass is 16.4. The van der Waals surface area contributed by atoms with Crippen molar-refractivity contribution >= 4 is 17.9 Å². The van der Waals surface area contributed by atoms with Gasteiger partial charge in [-0.25, -0.2) is 14.6 Å². The molecule has 1 aliphatic rings. The number of nitrogens with zero attached hydrogens (tertiary/aromatic N) is 3. The van der Waals surface area contributed by atoms with Gasteiger partial charge in [0.1, 0.15) is 12.4 Å². The van der Waals surface area contributed by atoms with Crippen molar-refractivity contribution in [2.45, 2.75) is 44.7 Å². The van der Waals surface area contributed by atoms with Crippen molar-refractivity contribution in [1.82, 2.24) is 19.8 Å². The maximum Gasteiger partial charge on any atom is 0.329 e. The van der Waals surface area contributed by atoms with E-state index < -0.39 is 17.9 Å². The lowest BCUT2D eigenvalue weighted by atomic mass is 9.99. The lowest BCUT2D eigenvalue weighted by Crippen LogP contribution is -2.46. The second-order valence-corrected chi connectivity index (χ2v) is 8.06. The van der Waals surface area contributed by atoms with Gasteiger partial charge in [-0.3, -0.25) is 9.36 Å². The number of aliphatic carboxylic acids is 1. The lowest BCUT2D eigenvalue weighted by Gasteiger charge is -2.30. The number of rotatable bonds is 7. The van der Waals surface area contributed by atoms with Gasteiger partial charge < -0.3 is 21.1 Å². The number of aromatic nitrogens is 2. The third-order valence-corrected chi connectivity index (χ3v) is 5.59. The number of nitrogens with one attached hydrogen (secondary N) is 1. The van der Waals surface area contributed by atoms with Crippen molar-refractivity contribution in [2.24, 2.45) is 11.7 Å². The number of carboxylic acid groups (broad SMARTS) is 1. The first kappa shape index (κ1) is 22.5. The predicted molar refractivity (Wildman–Crippen MR) is 114 cm³/mol. The van der Waals surface area contributed by atoms with Crippen molar-refractivity contribution in [3.05, 3.63) is 54.1 Å². The molecule has 2 heterocycles. The number of nitrogens with two attached hydrogens (primary N) is 1. The smallest absolute Gasteiger partial charge is 0.329 e. The molecule has 4 N–H and O–H groups in total. The summed E-state index contributed by atoms with van der Waals surface area (Å²) in [6.07, 6.45) is 4.75. The molecule has 9 heteroatoms. The minimum Gasteiger partial charge on any atom is -0.480 e. The number of hydrogen-bond acceptors (Lipinski definition) is 5. The maximum absolute atomic E-state index is 12.8. The summed E-state index contributed by atoms with van der Waals surface area (Å²) in [4.78, 5) is 43.0. The second-order valence-electron chi connectivity index (χ2n) is 8.06. The molecule has 1 aliphatic heterocycles. The molecule has 0 unspecified atom stereocenters.